The molecule has 0 N–H and O–H groups in total. The molecule has 0 aromatic heterocycles. The third-order valence-corrected chi connectivity index (χ3v) is 2.01. The molecule has 15 heavy (non-hydrogen) atoms. The number of halogens is 1. The highest BCUT2D eigenvalue weighted by Gasteiger charge is 2.07. The first-order chi connectivity index (χ1) is 7.13. The van der Waals surface area contributed by atoms with Gasteiger partial charge < -0.3 is 4.74 Å². The fourth-order valence-electron chi connectivity index (χ4n) is 1.44. The Morgan fingerprint density at radius 2 is 2.20 bits per heavy atom. The number of ether oxygens (including phenoxy) is 1. The molecule has 0 aliphatic carbocycles. The summed E-state index contributed by atoms with van der Waals surface area (Å²) in [6.07, 6.45) is 2.51. The third-order valence-electron chi connectivity index (χ3n) is 2.01. The van der Waals surface area contributed by atoms with E-state index in [2.05, 4.69) is 20.4 Å². The van der Waals surface area contributed by atoms with Crippen molar-refractivity contribution in [3.05, 3.63) is 42.2 Å². The molecule has 0 amide bonds. The van der Waals surface area contributed by atoms with Crippen LogP contribution in [0.1, 0.15) is 19.4 Å². The van der Waals surface area contributed by atoms with Crippen molar-refractivity contribution >= 4 is 0 Å². The van der Waals surface area contributed by atoms with E-state index in [-0.39, 0.29) is 5.82 Å². The number of benzene rings is 1. The van der Waals surface area contributed by atoms with Gasteiger partial charge in [-0.1, -0.05) is 26.5 Å². The lowest BCUT2D eigenvalue weighted by Gasteiger charge is -2.11. The molecule has 0 spiro atoms. The predicted molar refractivity (Wildman–Crippen MR) is 60.6 cm³/mol. The minimum absolute atomic E-state index is 0.211. The monoisotopic (exact) mass is 208 g/mol. The van der Waals surface area contributed by atoms with Crippen LogP contribution in [0.2, 0.25) is 0 Å². The molecule has 0 unspecified atom stereocenters. The number of hydrogen-bond acceptors (Lipinski definition) is 1. The van der Waals surface area contributed by atoms with Crippen LogP contribution in [-0.2, 0) is 6.42 Å². The van der Waals surface area contributed by atoms with Crippen molar-refractivity contribution in [1.82, 2.24) is 0 Å². The summed E-state index contributed by atoms with van der Waals surface area (Å²) in [4.78, 5) is 0. The fraction of sp³-hybridized carbons (Fsp3) is 0.385. The van der Waals surface area contributed by atoms with Gasteiger partial charge in [0, 0.05) is 0 Å². The van der Waals surface area contributed by atoms with E-state index >= 15 is 0 Å². The Labute approximate surface area is 90.6 Å². The van der Waals surface area contributed by atoms with Crippen LogP contribution in [-0.4, -0.2) is 6.61 Å². The smallest absolute Gasteiger partial charge is 0.123 e. The van der Waals surface area contributed by atoms with Crippen molar-refractivity contribution in [3.63, 3.8) is 0 Å². The van der Waals surface area contributed by atoms with Gasteiger partial charge in [0.25, 0.3) is 0 Å². The SMILES string of the molecule is C=CCOc1ccc(F)cc1CC(C)C. The van der Waals surface area contributed by atoms with E-state index in [4.69, 9.17) is 4.74 Å². The molecule has 82 valence electrons. The first kappa shape index (κ1) is 11.8. The van der Waals surface area contributed by atoms with Gasteiger partial charge in [-0.3, -0.25) is 0 Å². The van der Waals surface area contributed by atoms with E-state index in [0.29, 0.717) is 12.5 Å². The molecule has 1 aromatic carbocycles. The van der Waals surface area contributed by atoms with Gasteiger partial charge in [-0.2, -0.15) is 0 Å². The first-order valence-electron chi connectivity index (χ1n) is 5.15. The zero-order valence-electron chi connectivity index (χ0n) is 9.29. The van der Waals surface area contributed by atoms with Gasteiger partial charge in [0.2, 0.25) is 0 Å². The molecule has 0 aliphatic rings. The summed E-state index contributed by atoms with van der Waals surface area (Å²) in [5.74, 6) is 1.03. The van der Waals surface area contributed by atoms with E-state index in [0.717, 1.165) is 17.7 Å². The Morgan fingerprint density at radius 1 is 1.47 bits per heavy atom. The summed E-state index contributed by atoms with van der Waals surface area (Å²) >= 11 is 0. The highest BCUT2D eigenvalue weighted by atomic mass is 19.1. The summed E-state index contributed by atoms with van der Waals surface area (Å²) in [6.45, 7) is 8.24. The topological polar surface area (TPSA) is 9.23 Å². The molecule has 2 heteroatoms. The van der Waals surface area contributed by atoms with Crippen molar-refractivity contribution in [2.75, 3.05) is 6.61 Å². The van der Waals surface area contributed by atoms with Gasteiger partial charge in [0.15, 0.2) is 0 Å². The Morgan fingerprint density at radius 3 is 2.80 bits per heavy atom. The van der Waals surface area contributed by atoms with Gasteiger partial charge in [-0.25, -0.2) is 4.39 Å². The zero-order valence-corrected chi connectivity index (χ0v) is 9.29. The van der Waals surface area contributed by atoms with E-state index in [1.165, 1.54) is 6.07 Å². The van der Waals surface area contributed by atoms with Gasteiger partial charge in [0.05, 0.1) is 0 Å². The summed E-state index contributed by atoms with van der Waals surface area (Å²) in [6, 6.07) is 4.64. The normalized spacial score (nSPS) is 10.4. The fourth-order valence-corrected chi connectivity index (χ4v) is 1.44. The Kier molecular flexibility index (Phi) is 4.35. The standard InChI is InChI=1S/C13H17FO/c1-4-7-15-13-6-5-12(14)9-11(13)8-10(2)3/h4-6,9-10H,1,7-8H2,2-3H3. The molecule has 0 atom stereocenters. The van der Waals surface area contributed by atoms with E-state index in [1.807, 2.05) is 0 Å². The van der Waals surface area contributed by atoms with E-state index in [9.17, 15) is 4.39 Å². The van der Waals surface area contributed by atoms with Crippen LogP contribution in [0, 0.1) is 11.7 Å². The zero-order chi connectivity index (χ0) is 11.3. The molecule has 0 saturated carbocycles. The second-order valence-electron chi connectivity index (χ2n) is 3.95. The Balaban J connectivity index is 2.86. The maximum absolute atomic E-state index is 13.0. The van der Waals surface area contributed by atoms with Gasteiger partial charge in [-0.05, 0) is 36.1 Å². The molecule has 1 rings (SSSR count). The molecular formula is C13H17FO. The summed E-state index contributed by atoms with van der Waals surface area (Å²) < 4.78 is 18.5. The van der Waals surface area contributed by atoms with Crippen LogP contribution in [0.3, 0.4) is 0 Å². The van der Waals surface area contributed by atoms with Crippen LogP contribution in [0.4, 0.5) is 4.39 Å². The molecule has 1 nitrogen and oxygen atoms in total. The van der Waals surface area contributed by atoms with E-state index in [1.54, 1.807) is 18.2 Å². The van der Waals surface area contributed by atoms with Crippen molar-refractivity contribution in [2.24, 2.45) is 5.92 Å². The lowest BCUT2D eigenvalue weighted by atomic mass is 10.0. The van der Waals surface area contributed by atoms with Gasteiger partial charge in [0.1, 0.15) is 18.2 Å². The van der Waals surface area contributed by atoms with Crippen molar-refractivity contribution in [1.29, 1.82) is 0 Å². The van der Waals surface area contributed by atoms with Gasteiger partial charge in [-0.15, -0.1) is 0 Å². The summed E-state index contributed by atoms with van der Waals surface area (Å²) in [5.41, 5.74) is 0.923. The number of rotatable bonds is 5. The van der Waals surface area contributed by atoms with Crippen LogP contribution in [0.25, 0.3) is 0 Å². The predicted octanol–water partition coefficient (Wildman–Crippen LogP) is 3.59. The average molecular weight is 208 g/mol. The maximum atomic E-state index is 13.0. The second-order valence-corrected chi connectivity index (χ2v) is 3.95. The molecule has 0 radical (unpaired) electrons. The molecule has 0 aliphatic heterocycles. The summed E-state index contributed by atoms with van der Waals surface area (Å²) in [5, 5.41) is 0. The van der Waals surface area contributed by atoms with Crippen molar-refractivity contribution in [3.8, 4) is 5.75 Å². The highest BCUT2D eigenvalue weighted by Crippen LogP contribution is 2.22. The van der Waals surface area contributed by atoms with Crippen LogP contribution >= 0.6 is 0 Å². The van der Waals surface area contributed by atoms with Crippen molar-refractivity contribution in [2.45, 2.75) is 20.3 Å². The van der Waals surface area contributed by atoms with Crippen molar-refractivity contribution < 1.29 is 9.13 Å². The highest BCUT2D eigenvalue weighted by molar-refractivity contribution is 5.34. The molecule has 0 fully saturated rings. The second kappa shape index (κ2) is 5.54. The van der Waals surface area contributed by atoms with Crippen LogP contribution < -0.4 is 4.74 Å². The Bertz CT molecular complexity index is 331. The summed E-state index contributed by atoms with van der Waals surface area (Å²) in [7, 11) is 0. The quantitative estimate of drug-likeness (QED) is 0.672. The van der Waals surface area contributed by atoms with E-state index < -0.39 is 0 Å². The van der Waals surface area contributed by atoms with Crippen LogP contribution in [0.15, 0.2) is 30.9 Å². The minimum atomic E-state index is -0.211. The van der Waals surface area contributed by atoms with Gasteiger partial charge >= 0.3 is 0 Å². The first-order valence-corrected chi connectivity index (χ1v) is 5.15. The largest absolute Gasteiger partial charge is 0.489 e. The maximum Gasteiger partial charge on any atom is 0.123 e. The molecule has 0 heterocycles. The molecule has 1 aromatic rings. The molecular weight excluding hydrogens is 191 g/mol. The third kappa shape index (κ3) is 3.74. The molecule has 0 bridgehead atoms. The lowest BCUT2D eigenvalue weighted by Crippen LogP contribution is -2.01. The Hall–Kier alpha value is -1.31. The lowest BCUT2D eigenvalue weighted by molar-refractivity contribution is 0.356. The molecule has 0 saturated heterocycles. The average Bonchev–Trinajstić information content (AvgIpc) is 2.16. The minimum Gasteiger partial charge on any atom is -0.489 e. The number of hydrogen-bond donors (Lipinski definition) is 0. The van der Waals surface area contributed by atoms with Crippen LogP contribution in [0.5, 0.6) is 5.75 Å².